The van der Waals surface area contributed by atoms with Crippen molar-refractivity contribution in [1.29, 1.82) is 0 Å². The zero-order valence-corrected chi connectivity index (χ0v) is 13.0. The predicted molar refractivity (Wildman–Crippen MR) is 95.1 cm³/mol. The minimum Gasteiger partial charge on any atom is -0.423 e. The van der Waals surface area contributed by atoms with E-state index in [-0.39, 0.29) is 5.11 Å². The summed E-state index contributed by atoms with van der Waals surface area (Å²) in [5.74, 6) is 0.0117. The highest BCUT2D eigenvalue weighted by Crippen LogP contribution is 2.12. The van der Waals surface area contributed by atoms with Crippen molar-refractivity contribution in [2.24, 2.45) is 10.8 Å². The van der Waals surface area contributed by atoms with Crippen LogP contribution in [0.1, 0.15) is 11.1 Å². The summed E-state index contributed by atoms with van der Waals surface area (Å²) in [6, 6.07) is 16.4. The average molecular weight is 325 g/mol. The van der Waals surface area contributed by atoms with Gasteiger partial charge in [0.2, 0.25) is 0 Å². The summed E-state index contributed by atoms with van der Waals surface area (Å²) >= 11 is 4.63. The minimum absolute atomic E-state index is 0.0944. The van der Waals surface area contributed by atoms with E-state index < -0.39 is 5.97 Å². The van der Waals surface area contributed by atoms with Crippen LogP contribution >= 0.6 is 12.2 Å². The molecule has 6 heteroatoms. The molecular weight excluding hydrogens is 310 g/mol. The lowest BCUT2D eigenvalue weighted by Gasteiger charge is -2.01. The van der Waals surface area contributed by atoms with Gasteiger partial charge in [-0.2, -0.15) is 5.10 Å². The van der Waals surface area contributed by atoms with Gasteiger partial charge < -0.3 is 10.5 Å². The largest absolute Gasteiger partial charge is 0.423 e. The van der Waals surface area contributed by atoms with E-state index in [9.17, 15) is 4.79 Å². The molecule has 0 aliphatic heterocycles. The van der Waals surface area contributed by atoms with Gasteiger partial charge in [0.15, 0.2) is 5.11 Å². The molecule has 23 heavy (non-hydrogen) atoms. The summed E-state index contributed by atoms with van der Waals surface area (Å²) in [4.78, 5) is 11.7. The lowest BCUT2D eigenvalue weighted by molar-refractivity contribution is -0.128. The Bertz CT molecular complexity index is 725. The van der Waals surface area contributed by atoms with Gasteiger partial charge >= 0.3 is 5.97 Å². The number of nitrogens with zero attached hydrogens (tertiary/aromatic N) is 1. The first kappa shape index (κ1) is 16.4. The van der Waals surface area contributed by atoms with Gasteiger partial charge in [-0.15, -0.1) is 0 Å². The molecule has 0 fully saturated rings. The first-order valence-corrected chi connectivity index (χ1v) is 7.18. The third-order valence-electron chi connectivity index (χ3n) is 2.70. The summed E-state index contributed by atoms with van der Waals surface area (Å²) in [5.41, 5.74) is 9.45. The van der Waals surface area contributed by atoms with Crippen LogP contribution in [0.25, 0.3) is 6.08 Å². The number of rotatable bonds is 5. The van der Waals surface area contributed by atoms with Gasteiger partial charge in [0.1, 0.15) is 5.75 Å². The molecule has 0 aliphatic rings. The van der Waals surface area contributed by atoms with Crippen LogP contribution in [0.4, 0.5) is 0 Å². The maximum atomic E-state index is 11.7. The predicted octanol–water partition coefficient (Wildman–Crippen LogP) is 2.47. The Hall–Kier alpha value is -2.99. The third-order valence-corrected chi connectivity index (χ3v) is 2.79. The topological polar surface area (TPSA) is 76.7 Å². The molecular formula is C17H15N3O2S. The molecule has 0 radical (unpaired) electrons. The Morgan fingerprint density at radius 2 is 1.78 bits per heavy atom. The second-order valence-corrected chi connectivity index (χ2v) is 4.91. The van der Waals surface area contributed by atoms with Crippen molar-refractivity contribution < 1.29 is 9.53 Å². The van der Waals surface area contributed by atoms with Crippen LogP contribution in [0.3, 0.4) is 0 Å². The monoisotopic (exact) mass is 325 g/mol. The van der Waals surface area contributed by atoms with Gasteiger partial charge in [0.05, 0.1) is 6.21 Å². The second-order valence-electron chi connectivity index (χ2n) is 4.47. The summed E-state index contributed by atoms with van der Waals surface area (Å²) in [7, 11) is 0. The zero-order chi connectivity index (χ0) is 16.5. The Kier molecular flexibility index (Phi) is 6.02. The first-order valence-electron chi connectivity index (χ1n) is 6.77. The number of esters is 1. The van der Waals surface area contributed by atoms with Crippen molar-refractivity contribution in [3.8, 4) is 5.75 Å². The van der Waals surface area contributed by atoms with Crippen LogP contribution in [0, 0.1) is 0 Å². The summed E-state index contributed by atoms with van der Waals surface area (Å²) < 4.78 is 5.21. The van der Waals surface area contributed by atoms with Crippen molar-refractivity contribution in [3.63, 3.8) is 0 Å². The highest BCUT2D eigenvalue weighted by Gasteiger charge is 2.00. The van der Waals surface area contributed by atoms with Gasteiger partial charge in [0.25, 0.3) is 0 Å². The standard InChI is InChI=1S/C17H15N3O2S/c18-17(23)20-19-12-14-6-9-15(10-7-14)22-16(21)11-8-13-4-2-1-3-5-13/h1-12H,(H3,18,20,23)/b11-8+,19-12+. The Morgan fingerprint density at radius 3 is 2.43 bits per heavy atom. The molecule has 0 heterocycles. The number of carbonyl (C=O) groups excluding carboxylic acids is 1. The fraction of sp³-hybridized carbons (Fsp3) is 0. The van der Waals surface area contributed by atoms with Crippen molar-refractivity contribution >= 4 is 35.6 Å². The number of nitrogens with two attached hydrogens (primary N) is 1. The van der Waals surface area contributed by atoms with Gasteiger partial charge in [-0.3, -0.25) is 5.43 Å². The quantitative estimate of drug-likeness (QED) is 0.221. The number of nitrogens with one attached hydrogen (secondary N) is 1. The second kappa shape index (κ2) is 8.45. The van der Waals surface area contributed by atoms with Crippen LogP contribution in [-0.2, 0) is 4.79 Å². The fourth-order valence-electron chi connectivity index (χ4n) is 1.67. The SMILES string of the molecule is NC(=S)N/N=C/c1ccc(OC(=O)/C=C/c2ccccc2)cc1. The molecule has 0 saturated heterocycles. The molecule has 5 nitrogen and oxygen atoms in total. The summed E-state index contributed by atoms with van der Waals surface area (Å²) in [6.07, 6.45) is 4.64. The molecule has 2 aromatic carbocycles. The number of thiocarbonyl (C=S) groups is 1. The lowest BCUT2D eigenvalue weighted by atomic mass is 10.2. The molecule has 0 spiro atoms. The van der Waals surface area contributed by atoms with Crippen molar-refractivity contribution in [1.82, 2.24) is 5.43 Å². The van der Waals surface area contributed by atoms with Crippen LogP contribution < -0.4 is 15.9 Å². The van der Waals surface area contributed by atoms with Gasteiger partial charge in [-0.25, -0.2) is 4.79 Å². The molecule has 0 saturated carbocycles. The number of ether oxygens (including phenoxy) is 1. The van der Waals surface area contributed by atoms with Crippen LogP contribution in [-0.4, -0.2) is 17.3 Å². The van der Waals surface area contributed by atoms with E-state index >= 15 is 0 Å². The smallest absolute Gasteiger partial charge is 0.336 e. The van der Waals surface area contributed by atoms with Crippen molar-refractivity contribution in [2.45, 2.75) is 0 Å². The van der Waals surface area contributed by atoms with Gasteiger partial charge in [-0.05, 0) is 53.7 Å². The van der Waals surface area contributed by atoms with Crippen LogP contribution in [0.5, 0.6) is 5.75 Å². The Labute approximate surface area is 139 Å². The summed E-state index contributed by atoms with van der Waals surface area (Å²) in [6.45, 7) is 0. The molecule has 0 atom stereocenters. The number of hydrogen-bond acceptors (Lipinski definition) is 4. The van der Waals surface area contributed by atoms with E-state index in [0.717, 1.165) is 11.1 Å². The van der Waals surface area contributed by atoms with Crippen molar-refractivity contribution in [3.05, 3.63) is 71.8 Å². The van der Waals surface area contributed by atoms with Gasteiger partial charge in [0, 0.05) is 6.08 Å². The Balaban J connectivity index is 1.90. The highest BCUT2D eigenvalue weighted by atomic mass is 32.1. The molecule has 2 aromatic rings. The van der Waals surface area contributed by atoms with Crippen molar-refractivity contribution in [2.75, 3.05) is 0 Å². The maximum absolute atomic E-state index is 11.7. The van der Waals surface area contributed by atoms with Gasteiger partial charge in [-0.1, -0.05) is 30.3 Å². The first-order chi connectivity index (χ1) is 11.1. The normalized spacial score (nSPS) is 10.8. The van der Waals surface area contributed by atoms with Crippen LogP contribution in [0.2, 0.25) is 0 Å². The highest BCUT2D eigenvalue weighted by molar-refractivity contribution is 7.80. The average Bonchev–Trinajstić information content (AvgIpc) is 2.55. The number of benzene rings is 2. The summed E-state index contributed by atoms with van der Waals surface area (Å²) in [5, 5.41) is 3.93. The molecule has 0 unspecified atom stereocenters. The number of hydrogen-bond donors (Lipinski definition) is 2. The maximum Gasteiger partial charge on any atom is 0.336 e. The lowest BCUT2D eigenvalue weighted by Crippen LogP contribution is -2.23. The van der Waals surface area contributed by atoms with E-state index in [1.807, 2.05) is 30.3 Å². The van der Waals surface area contributed by atoms with E-state index in [1.54, 1.807) is 36.6 Å². The third kappa shape index (κ3) is 6.11. The molecule has 2 rings (SSSR count). The zero-order valence-electron chi connectivity index (χ0n) is 12.2. The molecule has 0 aliphatic carbocycles. The minimum atomic E-state index is -0.439. The van der Waals surface area contributed by atoms with E-state index in [1.165, 1.54) is 6.08 Å². The molecule has 0 aromatic heterocycles. The van der Waals surface area contributed by atoms with E-state index in [0.29, 0.717) is 5.75 Å². The van der Waals surface area contributed by atoms with E-state index in [2.05, 4.69) is 22.7 Å². The number of carbonyl (C=O) groups is 1. The Morgan fingerprint density at radius 1 is 1.09 bits per heavy atom. The fourth-order valence-corrected chi connectivity index (χ4v) is 1.72. The molecule has 0 amide bonds. The molecule has 116 valence electrons. The molecule has 0 bridgehead atoms. The van der Waals surface area contributed by atoms with Crippen LogP contribution in [0.15, 0.2) is 65.8 Å². The molecule has 3 N–H and O–H groups in total. The number of hydrazone groups is 1. The van der Waals surface area contributed by atoms with E-state index in [4.69, 9.17) is 10.5 Å².